The standard InChI is InChI=1S/C22H28N2O3/c1-5-17-9-11-18(12-10-17)21(24(3)4)14-23-22(26)15-27-20-8-6-7-19(13-20)16(2)25/h6-13,21H,5,14-15H2,1-4H3,(H,23,26). The zero-order valence-corrected chi connectivity index (χ0v) is 16.5. The highest BCUT2D eigenvalue weighted by Gasteiger charge is 2.15. The van der Waals surface area contributed by atoms with Crippen molar-refractivity contribution in [3.05, 3.63) is 65.2 Å². The molecule has 5 heteroatoms. The molecule has 1 N–H and O–H groups in total. The second-order valence-corrected chi connectivity index (χ2v) is 6.75. The van der Waals surface area contributed by atoms with Crippen molar-refractivity contribution in [2.75, 3.05) is 27.2 Å². The Morgan fingerprint density at radius 3 is 2.41 bits per heavy atom. The molecule has 5 nitrogen and oxygen atoms in total. The Morgan fingerprint density at radius 2 is 1.81 bits per heavy atom. The molecule has 0 aliphatic heterocycles. The van der Waals surface area contributed by atoms with Gasteiger partial charge in [0.05, 0.1) is 6.04 Å². The highest BCUT2D eigenvalue weighted by atomic mass is 16.5. The number of nitrogens with zero attached hydrogens (tertiary/aromatic N) is 1. The van der Waals surface area contributed by atoms with E-state index in [1.807, 2.05) is 14.1 Å². The highest BCUT2D eigenvalue weighted by Crippen LogP contribution is 2.18. The molecule has 1 atom stereocenters. The fourth-order valence-electron chi connectivity index (χ4n) is 2.79. The minimum atomic E-state index is -0.194. The zero-order chi connectivity index (χ0) is 19.8. The number of Topliss-reactive ketones (excluding diaryl/α,β-unsaturated/α-hetero) is 1. The molecule has 0 saturated carbocycles. The van der Waals surface area contributed by atoms with E-state index < -0.39 is 0 Å². The van der Waals surface area contributed by atoms with Crippen molar-refractivity contribution >= 4 is 11.7 Å². The molecule has 0 bridgehead atoms. The van der Waals surface area contributed by atoms with Crippen LogP contribution in [0.5, 0.6) is 5.75 Å². The lowest BCUT2D eigenvalue weighted by Crippen LogP contribution is -2.36. The Morgan fingerprint density at radius 1 is 1.11 bits per heavy atom. The van der Waals surface area contributed by atoms with Gasteiger partial charge in [-0.25, -0.2) is 0 Å². The van der Waals surface area contributed by atoms with Crippen LogP contribution in [-0.4, -0.2) is 43.8 Å². The number of amides is 1. The summed E-state index contributed by atoms with van der Waals surface area (Å²) >= 11 is 0. The number of hydrogen-bond acceptors (Lipinski definition) is 4. The first-order valence-electron chi connectivity index (χ1n) is 9.16. The van der Waals surface area contributed by atoms with E-state index in [0.717, 1.165) is 12.0 Å². The molecular formula is C22H28N2O3. The number of ether oxygens (including phenoxy) is 1. The summed E-state index contributed by atoms with van der Waals surface area (Å²) < 4.78 is 5.51. The molecule has 2 aromatic carbocycles. The minimum Gasteiger partial charge on any atom is -0.484 e. The van der Waals surface area contributed by atoms with Crippen LogP contribution in [0.2, 0.25) is 0 Å². The number of rotatable bonds is 9. The number of nitrogens with one attached hydrogen (secondary N) is 1. The van der Waals surface area contributed by atoms with Crippen molar-refractivity contribution in [3.63, 3.8) is 0 Å². The van der Waals surface area contributed by atoms with Gasteiger partial charge in [0.25, 0.3) is 5.91 Å². The summed E-state index contributed by atoms with van der Waals surface area (Å²) in [6, 6.07) is 15.4. The highest BCUT2D eigenvalue weighted by molar-refractivity contribution is 5.94. The second-order valence-electron chi connectivity index (χ2n) is 6.75. The third kappa shape index (κ3) is 6.22. The number of carbonyl (C=O) groups is 2. The van der Waals surface area contributed by atoms with E-state index in [-0.39, 0.29) is 24.3 Å². The lowest BCUT2D eigenvalue weighted by molar-refractivity contribution is -0.123. The molecular weight excluding hydrogens is 340 g/mol. The topological polar surface area (TPSA) is 58.6 Å². The fraction of sp³-hybridized carbons (Fsp3) is 0.364. The fourth-order valence-corrected chi connectivity index (χ4v) is 2.79. The molecule has 0 aromatic heterocycles. The van der Waals surface area contributed by atoms with E-state index in [2.05, 4.69) is 41.4 Å². The van der Waals surface area contributed by atoms with Crippen LogP contribution in [0.4, 0.5) is 0 Å². The molecule has 0 heterocycles. The van der Waals surface area contributed by atoms with E-state index in [9.17, 15) is 9.59 Å². The quantitative estimate of drug-likeness (QED) is 0.690. The van der Waals surface area contributed by atoms with Gasteiger partial charge >= 0.3 is 0 Å². The van der Waals surface area contributed by atoms with Crippen LogP contribution in [0.1, 0.15) is 41.4 Å². The third-order valence-corrected chi connectivity index (χ3v) is 4.50. The van der Waals surface area contributed by atoms with Gasteiger partial charge in [0.15, 0.2) is 12.4 Å². The lowest BCUT2D eigenvalue weighted by Gasteiger charge is -2.25. The van der Waals surface area contributed by atoms with E-state index in [0.29, 0.717) is 17.9 Å². The van der Waals surface area contributed by atoms with Gasteiger partial charge in [0.2, 0.25) is 0 Å². The maximum absolute atomic E-state index is 12.2. The largest absolute Gasteiger partial charge is 0.484 e. The number of benzene rings is 2. The average molecular weight is 368 g/mol. The number of hydrogen-bond donors (Lipinski definition) is 1. The minimum absolute atomic E-state index is 0.0344. The van der Waals surface area contributed by atoms with Crippen molar-refractivity contribution in [3.8, 4) is 5.75 Å². The molecule has 0 aliphatic rings. The molecule has 144 valence electrons. The average Bonchev–Trinajstić information content (AvgIpc) is 2.67. The summed E-state index contributed by atoms with van der Waals surface area (Å²) in [6.45, 7) is 4.04. The Hall–Kier alpha value is -2.66. The molecule has 0 fully saturated rings. The summed E-state index contributed by atoms with van der Waals surface area (Å²) in [4.78, 5) is 25.7. The first-order valence-corrected chi connectivity index (χ1v) is 9.16. The van der Waals surface area contributed by atoms with E-state index >= 15 is 0 Å². The van der Waals surface area contributed by atoms with Crippen LogP contribution >= 0.6 is 0 Å². The lowest BCUT2D eigenvalue weighted by atomic mass is 10.0. The molecule has 0 radical (unpaired) electrons. The SMILES string of the molecule is CCc1ccc(C(CNC(=O)COc2cccc(C(C)=O)c2)N(C)C)cc1. The van der Waals surface area contributed by atoms with Gasteiger partial charge in [0.1, 0.15) is 5.75 Å². The van der Waals surface area contributed by atoms with Crippen molar-refractivity contribution in [2.24, 2.45) is 0 Å². The first-order chi connectivity index (χ1) is 12.9. The Labute approximate surface area is 161 Å². The number of carbonyl (C=O) groups excluding carboxylic acids is 2. The number of likely N-dealkylation sites (N-methyl/N-ethyl adjacent to an activating group) is 1. The molecule has 1 unspecified atom stereocenters. The van der Waals surface area contributed by atoms with E-state index in [1.165, 1.54) is 12.5 Å². The molecule has 2 aromatic rings. The molecule has 0 aliphatic carbocycles. The molecule has 1 amide bonds. The molecule has 0 spiro atoms. The summed E-state index contributed by atoms with van der Waals surface area (Å²) in [6.07, 6.45) is 1.01. The molecule has 0 saturated heterocycles. The summed E-state index contributed by atoms with van der Waals surface area (Å²) in [7, 11) is 3.99. The Kier molecular flexibility index (Phi) is 7.55. The van der Waals surface area contributed by atoms with E-state index in [1.54, 1.807) is 24.3 Å². The zero-order valence-electron chi connectivity index (χ0n) is 16.5. The van der Waals surface area contributed by atoms with Crippen molar-refractivity contribution in [1.29, 1.82) is 0 Å². The van der Waals surface area contributed by atoms with Crippen LogP contribution in [0.3, 0.4) is 0 Å². The van der Waals surface area contributed by atoms with Gasteiger partial charge in [-0.2, -0.15) is 0 Å². The summed E-state index contributed by atoms with van der Waals surface area (Å²) in [5, 5.41) is 2.93. The number of aryl methyl sites for hydroxylation is 1. The van der Waals surface area contributed by atoms with Gasteiger partial charge in [0, 0.05) is 12.1 Å². The van der Waals surface area contributed by atoms with Crippen molar-refractivity contribution < 1.29 is 14.3 Å². The molecule has 2 rings (SSSR count). The van der Waals surface area contributed by atoms with Crippen LogP contribution in [0.25, 0.3) is 0 Å². The maximum Gasteiger partial charge on any atom is 0.258 e. The van der Waals surface area contributed by atoms with Gasteiger partial charge < -0.3 is 15.0 Å². The normalized spacial score (nSPS) is 11.9. The van der Waals surface area contributed by atoms with Crippen LogP contribution in [0.15, 0.2) is 48.5 Å². The monoisotopic (exact) mass is 368 g/mol. The van der Waals surface area contributed by atoms with Crippen molar-refractivity contribution in [2.45, 2.75) is 26.3 Å². The summed E-state index contributed by atoms with van der Waals surface area (Å²) in [5.41, 5.74) is 3.02. The first kappa shape index (κ1) is 20.6. The smallest absolute Gasteiger partial charge is 0.258 e. The second kappa shape index (κ2) is 9.88. The van der Waals surface area contributed by atoms with Gasteiger partial charge in [-0.15, -0.1) is 0 Å². The van der Waals surface area contributed by atoms with Gasteiger partial charge in [-0.05, 0) is 50.7 Å². The Bertz CT molecular complexity index is 769. The molecule has 27 heavy (non-hydrogen) atoms. The van der Waals surface area contributed by atoms with Gasteiger partial charge in [-0.1, -0.05) is 43.3 Å². The predicted molar refractivity (Wildman–Crippen MR) is 107 cm³/mol. The van der Waals surface area contributed by atoms with Crippen LogP contribution in [0, 0.1) is 0 Å². The van der Waals surface area contributed by atoms with Crippen LogP contribution < -0.4 is 10.1 Å². The maximum atomic E-state index is 12.2. The van der Waals surface area contributed by atoms with Gasteiger partial charge in [-0.3, -0.25) is 9.59 Å². The van der Waals surface area contributed by atoms with E-state index in [4.69, 9.17) is 4.74 Å². The third-order valence-electron chi connectivity index (χ3n) is 4.50. The Balaban J connectivity index is 1.90. The predicted octanol–water partition coefficient (Wildman–Crippen LogP) is 3.25. The van der Waals surface area contributed by atoms with Crippen molar-refractivity contribution in [1.82, 2.24) is 10.2 Å². The summed E-state index contributed by atoms with van der Waals surface area (Å²) in [5.74, 6) is 0.283. The number of ketones is 1. The van der Waals surface area contributed by atoms with Crippen LogP contribution in [-0.2, 0) is 11.2 Å².